The quantitative estimate of drug-likeness (QED) is 0.810. The zero-order chi connectivity index (χ0) is 12.4. The first-order valence-corrected chi connectivity index (χ1v) is 5.30. The molecule has 0 amide bonds. The molecule has 1 unspecified atom stereocenters. The number of hydrogen-bond acceptors (Lipinski definition) is 4. The van der Waals surface area contributed by atoms with Crippen LogP contribution in [0.2, 0.25) is 0 Å². The Labute approximate surface area is 98.6 Å². The van der Waals surface area contributed by atoms with Crippen LogP contribution < -0.4 is 0 Å². The molecule has 90 valence electrons. The van der Waals surface area contributed by atoms with Gasteiger partial charge in [-0.3, -0.25) is 9.48 Å². The summed E-state index contributed by atoms with van der Waals surface area (Å²) in [5.41, 5.74) is 1.43. The average molecular weight is 234 g/mol. The summed E-state index contributed by atoms with van der Waals surface area (Å²) in [7, 11) is 3.10. The maximum absolute atomic E-state index is 11.1. The van der Waals surface area contributed by atoms with E-state index in [1.54, 1.807) is 11.7 Å². The summed E-state index contributed by atoms with van der Waals surface area (Å²) in [6.07, 6.45) is -1.02. The first-order chi connectivity index (χ1) is 8.13. The van der Waals surface area contributed by atoms with E-state index in [0.717, 1.165) is 10.9 Å². The summed E-state index contributed by atoms with van der Waals surface area (Å²) in [5.74, 6) is -0.452. The lowest BCUT2D eigenvalue weighted by Gasteiger charge is -2.06. The summed E-state index contributed by atoms with van der Waals surface area (Å²) in [6, 6.07) is 7.56. The fourth-order valence-corrected chi connectivity index (χ4v) is 1.83. The van der Waals surface area contributed by atoms with Crippen LogP contribution in [0.4, 0.5) is 0 Å². The van der Waals surface area contributed by atoms with Crippen molar-refractivity contribution < 1.29 is 14.6 Å². The second-order valence-electron chi connectivity index (χ2n) is 3.82. The Morgan fingerprint density at radius 2 is 2.24 bits per heavy atom. The number of aliphatic hydroxyl groups excluding tert-OH is 1. The van der Waals surface area contributed by atoms with Crippen molar-refractivity contribution in [3.05, 3.63) is 30.0 Å². The van der Waals surface area contributed by atoms with Crippen molar-refractivity contribution in [3.63, 3.8) is 0 Å². The molecule has 0 saturated heterocycles. The Balaban J connectivity index is 2.38. The fraction of sp³-hybridized carbons (Fsp3) is 0.333. The van der Waals surface area contributed by atoms with Gasteiger partial charge in [0.1, 0.15) is 6.10 Å². The first-order valence-electron chi connectivity index (χ1n) is 5.30. The number of carbonyl (C=O) groups excluding carboxylic acids is 1. The van der Waals surface area contributed by atoms with Gasteiger partial charge in [-0.1, -0.05) is 18.2 Å². The Bertz CT molecular complexity index is 548. The van der Waals surface area contributed by atoms with Crippen LogP contribution in [0, 0.1) is 0 Å². The van der Waals surface area contributed by atoms with Crippen molar-refractivity contribution in [2.45, 2.75) is 12.5 Å². The number of aliphatic hydroxyl groups is 1. The minimum absolute atomic E-state index is 0.0858. The second kappa shape index (κ2) is 4.55. The topological polar surface area (TPSA) is 64.3 Å². The maximum atomic E-state index is 11.1. The van der Waals surface area contributed by atoms with E-state index in [2.05, 4.69) is 9.84 Å². The van der Waals surface area contributed by atoms with Crippen LogP contribution in [0.15, 0.2) is 24.3 Å². The molecule has 0 aliphatic rings. The Morgan fingerprint density at radius 3 is 2.94 bits per heavy atom. The summed E-state index contributed by atoms with van der Waals surface area (Å²) in [4.78, 5) is 11.1. The molecule has 17 heavy (non-hydrogen) atoms. The van der Waals surface area contributed by atoms with Crippen LogP contribution in [0.25, 0.3) is 10.9 Å². The van der Waals surface area contributed by atoms with Crippen LogP contribution in [-0.4, -0.2) is 28.0 Å². The molecule has 2 aromatic rings. The zero-order valence-corrected chi connectivity index (χ0v) is 9.75. The minimum Gasteiger partial charge on any atom is -0.469 e. The van der Waals surface area contributed by atoms with Gasteiger partial charge >= 0.3 is 5.97 Å². The summed E-state index contributed by atoms with van der Waals surface area (Å²) in [6.45, 7) is 0. The number of carbonyl (C=O) groups is 1. The number of benzene rings is 1. The number of ether oxygens (including phenoxy) is 1. The van der Waals surface area contributed by atoms with Gasteiger partial charge in [0.05, 0.1) is 24.7 Å². The number of methoxy groups -OCH3 is 1. The van der Waals surface area contributed by atoms with Crippen LogP contribution in [0.1, 0.15) is 18.2 Å². The van der Waals surface area contributed by atoms with Gasteiger partial charge in [0.25, 0.3) is 0 Å². The van der Waals surface area contributed by atoms with Gasteiger partial charge in [0.15, 0.2) is 0 Å². The van der Waals surface area contributed by atoms with E-state index in [0.29, 0.717) is 5.69 Å². The summed E-state index contributed by atoms with van der Waals surface area (Å²) >= 11 is 0. The molecule has 1 atom stereocenters. The lowest BCUT2D eigenvalue weighted by atomic mass is 10.1. The molecule has 1 N–H and O–H groups in total. The van der Waals surface area contributed by atoms with Crippen LogP contribution in [0.3, 0.4) is 0 Å². The van der Waals surface area contributed by atoms with E-state index >= 15 is 0 Å². The maximum Gasteiger partial charge on any atom is 0.308 e. The van der Waals surface area contributed by atoms with E-state index in [4.69, 9.17) is 0 Å². The Kier molecular flexibility index (Phi) is 3.10. The molecular weight excluding hydrogens is 220 g/mol. The Hall–Kier alpha value is -1.88. The van der Waals surface area contributed by atoms with Gasteiger partial charge in [0, 0.05) is 12.4 Å². The molecular formula is C12H14N2O3. The number of esters is 1. The van der Waals surface area contributed by atoms with Crippen molar-refractivity contribution in [1.29, 1.82) is 0 Å². The number of hydrogen-bond donors (Lipinski definition) is 1. The highest BCUT2D eigenvalue weighted by molar-refractivity contribution is 5.83. The normalized spacial score (nSPS) is 12.6. The third kappa shape index (κ3) is 2.14. The van der Waals surface area contributed by atoms with E-state index in [1.165, 1.54) is 7.11 Å². The number of aromatic nitrogens is 2. The smallest absolute Gasteiger partial charge is 0.308 e. The summed E-state index contributed by atoms with van der Waals surface area (Å²) in [5, 5.41) is 15.0. The van der Waals surface area contributed by atoms with Gasteiger partial charge in [0.2, 0.25) is 0 Å². The van der Waals surface area contributed by atoms with Crippen molar-refractivity contribution in [3.8, 4) is 0 Å². The first kappa shape index (κ1) is 11.6. The fourth-order valence-electron chi connectivity index (χ4n) is 1.83. The molecule has 5 nitrogen and oxygen atoms in total. The van der Waals surface area contributed by atoms with Crippen molar-refractivity contribution in [1.82, 2.24) is 9.78 Å². The molecule has 1 aromatic carbocycles. The van der Waals surface area contributed by atoms with Crippen molar-refractivity contribution >= 4 is 16.9 Å². The molecule has 0 fully saturated rings. The Morgan fingerprint density at radius 1 is 1.53 bits per heavy atom. The van der Waals surface area contributed by atoms with Gasteiger partial charge in [-0.05, 0) is 6.07 Å². The van der Waals surface area contributed by atoms with E-state index in [-0.39, 0.29) is 6.42 Å². The van der Waals surface area contributed by atoms with Gasteiger partial charge in [-0.15, -0.1) is 0 Å². The molecule has 0 spiro atoms. The molecule has 1 aromatic heterocycles. The molecule has 0 aliphatic carbocycles. The van der Waals surface area contributed by atoms with Gasteiger partial charge in [-0.25, -0.2) is 0 Å². The van der Waals surface area contributed by atoms with E-state index in [9.17, 15) is 9.90 Å². The van der Waals surface area contributed by atoms with Gasteiger partial charge < -0.3 is 9.84 Å². The zero-order valence-electron chi connectivity index (χ0n) is 9.75. The largest absolute Gasteiger partial charge is 0.469 e. The third-order valence-corrected chi connectivity index (χ3v) is 2.69. The molecule has 2 rings (SSSR count). The van der Waals surface area contributed by atoms with Crippen LogP contribution >= 0.6 is 0 Å². The molecule has 0 radical (unpaired) electrons. The van der Waals surface area contributed by atoms with Crippen LogP contribution in [0.5, 0.6) is 0 Å². The number of para-hydroxylation sites is 1. The average Bonchev–Trinajstić information content (AvgIpc) is 2.67. The lowest BCUT2D eigenvalue weighted by Crippen LogP contribution is -2.09. The molecule has 0 saturated carbocycles. The van der Waals surface area contributed by atoms with Crippen molar-refractivity contribution in [2.24, 2.45) is 7.05 Å². The van der Waals surface area contributed by atoms with E-state index < -0.39 is 12.1 Å². The highest BCUT2D eigenvalue weighted by Gasteiger charge is 2.19. The molecule has 1 heterocycles. The number of nitrogens with zero attached hydrogens (tertiary/aromatic N) is 2. The number of rotatable bonds is 3. The standard InChI is InChI=1S/C12H14N2O3/c1-14-9-6-4-3-5-8(9)12(13-14)10(15)7-11(16)17-2/h3-6,10,15H,7H2,1-2H3. The SMILES string of the molecule is COC(=O)CC(O)c1nn(C)c2ccccc12. The summed E-state index contributed by atoms with van der Waals surface area (Å²) < 4.78 is 6.21. The van der Waals surface area contributed by atoms with Gasteiger partial charge in [-0.2, -0.15) is 5.10 Å². The number of aryl methyl sites for hydroxylation is 1. The van der Waals surface area contributed by atoms with Crippen LogP contribution in [-0.2, 0) is 16.6 Å². The predicted octanol–water partition coefficient (Wildman–Crippen LogP) is 1.17. The number of fused-ring (bicyclic) bond motifs is 1. The monoisotopic (exact) mass is 234 g/mol. The predicted molar refractivity (Wildman–Crippen MR) is 62.3 cm³/mol. The highest BCUT2D eigenvalue weighted by Crippen LogP contribution is 2.25. The minimum atomic E-state index is -0.937. The molecule has 0 aliphatic heterocycles. The lowest BCUT2D eigenvalue weighted by molar-refractivity contribution is -0.142. The van der Waals surface area contributed by atoms with Crippen molar-refractivity contribution in [2.75, 3.05) is 7.11 Å². The molecule has 0 bridgehead atoms. The third-order valence-electron chi connectivity index (χ3n) is 2.69. The van der Waals surface area contributed by atoms with E-state index in [1.807, 2.05) is 24.3 Å². The molecule has 5 heteroatoms. The highest BCUT2D eigenvalue weighted by atomic mass is 16.5. The second-order valence-corrected chi connectivity index (χ2v) is 3.82.